The van der Waals surface area contributed by atoms with Gasteiger partial charge in [0, 0.05) is 17.6 Å². The fraction of sp³-hybridized carbons (Fsp3) is 0.167. The van der Waals surface area contributed by atoms with Gasteiger partial charge in [0.15, 0.2) is 17.3 Å². The number of methoxy groups -OCH3 is 1. The normalized spacial score (nSPS) is 12.2. The van der Waals surface area contributed by atoms with E-state index < -0.39 is 17.5 Å². The van der Waals surface area contributed by atoms with Crippen molar-refractivity contribution < 1.29 is 39.9 Å². The highest BCUT2D eigenvalue weighted by atomic mass is 16.5. The second-order valence-electron chi connectivity index (χ2n) is 6.77. The van der Waals surface area contributed by atoms with Crippen molar-refractivity contribution in [3.05, 3.63) is 76.6 Å². The van der Waals surface area contributed by atoms with Gasteiger partial charge in [0.2, 0.25) is 0 Å². The maximum absolute atomic E-state index is 12.7. The highest BCUT2D eigenvalue weighted by Gasteiger charge is 2.14. The first kappa shape index (κ1) is 24.2. The minimum absolute atomic E-state index is 0.0561. The Morgan fingerprint density at radius 2 is 1.53 bits per heavy atom. The zero-order valence-corrected chi connectivity index (χ0v) is 17.4. The average molecular weight is 440 g/mol. The Morgan fingerprint density at radius 1 is 0.906 bits per heavy atom. The molecule has 0 saturated carbocycles. The molecule has 8 nitrogen and oxygen atoms in total. The summed E-state index contributed by atoms with van der Waals surface area (Å²) in [6.07, 6.45) is 4.82. The largest absolute Gasteiger partial charge is 0.508 e. The van der Waals surface area contributed by atoms with Crippen LogP contribution >= 0.6 is 0 Å². The third-order valence-electron chi connectivity index (χ3n) is 4.53. The van der Waals surface area contributed by atoms with E-state index in [1.165, 1.54) is 55.7 Å². The minimum atomic E-state index is -1.12. The molecule has 2 aromatic rings. The number of carboxylic acid groups (broad SMARTS) is 1. The van der Waals surface area contributed by atoms with E-state index in [4.69, 9.17) is 9.84 Å². The number of ketones is 1. The number of hydrogen-bond donors (Lipinski definition) is 5. The number of aliphatic hydroxyl groups excluding tert-OH is 2. The molecule has 2 rings (SSSR count). The fourth-order valence-electron chi connectivity index (χ4n) is 2.79. The quantitative estimate of drug-likeness (QED) is 0.214. The lowest BCUT2D eigenvalue weighted by Crippen LogP contribution is -2.05. The van der Waals surface area contributed by atoms with E-state index in [0.29, 0.717) is 16.7 Å². The lowest BCUT2D eigenvalue weighted by atomic mass is 10.0. The Labute approximate surface area is 184 Å². The lowest BCUT2D eigenvalue weighted by Gasteiger charge is -2.06. The van der Waals surface area contributed by atoms with Crippen LogP contribution in [0.15, 0.2) is 59.9 Å². The first-order valence-corrected chi connectivity index (χ1v) is 9.59. The number of phenols is 2. The number of allylic oxidation sites excluding steroid dienone is 3. The molecule has 0 saturated heterocycles. The predicted molar refractivity (Wildman–Crippen MR) is 118 cm³/mol. The van der Waals surface area contributed by atoms with Gasteiger partial charge in [0.1, 0.15) is 11.5 Å². The van der Waals surface area contributed by atoms with Crippen LogP contribution in [0.2, 0.25) is 0 Å². The molecule has 32 heavy (non-hydrogen) atoms. The predicted octanol–water partition coefficient (Wildman–Crippen LogP) is 3.57. The van der Waals surface area contributed by atoms with Gasteiger partial charge in [-0.15, -0.1) is 0 Å². The first-order valence-electron chi connectivity index (χ1n) is 9.59. The molecule has 0 unspecified atom stereocenters. The Balaban J connectivity index is 2.31. The third kappa shape index (κ3) is 6.75. The fourth-order valence-corrected chi connectivity index (χ4v) is 2.79. The first-order chi connectivity index (χ1) is 15.2. The molecule has 8 heteroatoms. The molecular formula is C24H24O8. The van der Waals surface area contributed by atoms with Gasteiger partial charge in [-0.2, -0.15) is 0 Å². The van der Waals surface area contributed by atoms with Crippen molar-refractivity contribution in [3.63, 3.8) is 0 Å². The number of aromatic hydroxyl groups is 2. The molecule has 168 valence electrons. The van der Waals surface area contributed by atoms with Gasteiger partial charge in [0.25, 0.3) is 0 Å². The zero-order chi connectivity index (χ0) is 23.7. The number of ether oxygens (including phenoxy) is 1. The summed E-state index contributed by atoms with van der Waals surface area (Å²) in [6, 6.07) is 8.93. The summed E-state index contributed by atoms with van der Waals surface area (Å²) in [7, 11) is 1.39. The van der Waals surface area contributed by atoms with Crippen LogP contribution in [-0.4, -0.2) is 44.4 Å². The number of hydrogen-bond acceptors (Lipinski definition) is 7. The van der Waals surface area contributed by atoms with Crippen molar-refractivity contribution in [3.8, 4) is 17.2 Å². The molecule has 0 aliphatic rings. The van der Waals surface area contributed by atoms with E-state index in [-0.39, 0.29) is 42.3 Å². The Hall–Kier alpha value is -4.04. The standard InChI is InChI=1S/C24H24O8/c1-32-23-13-16(5-10-22(23)29)4-9-21(28)18(6-11-24(30)31)20(27)8-3-15-2-7-19(26)17(12-15)14-25/h2-5,7-10,12-13,25-27,29H,6,11,14H2,1H3,(H,30,31)/b8-3+,9-4+,20-18?. The summed E-state index contributed by atoms with van der Waals surface area (Å²) in [6.45, 7) is -0.371. The summed E-state index contributed by atoms with van der Waals surface area (Å²) in [5, 5.41) is 47.9. The molecule has 5 N–H and O–H groups in total. The minimum Gasteiger partial charge on any atom is -0.508 e. The number of carbonyl (C=O) groups excluding carboxylic acids is 1. The zero-order valence-electron chi connectivity index (χ0n) is 17.4. The van der Waals surface area contributed by atoms with Crippen LogP contribution in [0.25, 0.3) is 12.2 Å². The number of aliphatic carboxylic acids is 1. The second kappa shape index (κ2) is 11.4. The number of carbonyl (C=O) groups is 2. The number of rotatable bonds is 10. The van der Waals surface area contributed by atoms with Crippen LogP contribution < -0.4 is 4.74 Å². The van der Waals surface area contributed by atoms with Gasteiger partial charge in [-0.3, -0.25) is 9.59 Å². The van der Waals surface area contributed by atoms with Crippen LogP contribution in [-0.2, 0) is 16.2 Å². The molecule has 0 amide bonds. The van der Waals surface area contributed by atoms with Crippen molar-refractivity contribution >= 4 is 23.9 Å². The average Bonchev–Trinajstić information content (AvgIpc) is 2.77. The second-order valence-corrected chi connectivity index (χ2v) is 6.77. The van der Waals surface area contributed by atoms with E-state index in [9.17, 15) is 30.0 Å². The highest BCUT2D eigenvalue weighted by Crippen LogP contribution is 2.27. The van der Waals surface area contributed by atoms with Crippen molar-refractivity contribution in [1.29, 1.82) is 0 Å². The van der Waals surface area contributed by atoms with E-state index >= 15 is 0 Å². The number of carboxylic acids is 1. The highest BCUT2D eigenvalue weighted by molar-refractivity contribution is 6.07. The molecule has 0 aliphatic heterocycles. The Bertz CT molecular complexity index is 1080. The van der Waals surface area contributed by atoms with E-state index in [0.717, 1.165) is 0 Å². The lowest BCUT2D eigenvalue weighted by molar-refractivity contribution is -0.136. The number of benzene rings is 2. The van der Waals surface area contributed by atoms with E-state index in [1.807, 2.05) is 0 Å². The van der Waals surface area contributed by atoms with Crippen LogP contribution in [0.3, 0.4) is 0 Å². The SMILES string of the molecule is COc1cc(/C=C/C(=O)C(CCC(=O)O)=C(O)/C=C/c2ccc(O)c(CO)c2)ccc1O. The maximum Gasteiger partial charge on any atom is 0.303 e. The molecule has 0 radical (unpaired) electrons. The van der Waals surface area contributed by atoms with Gasteiger partial charge in [-0.05, 0) is 54.0 Å². The van der Waals surface area contributed by atoms with Crippen molar-refractivity contribution in [2.24, 2.45) is 0 Å². The van der Waals surface area contributed by atoms with Crippen molar-refractivity contribution in [2.45, 2.75) is 19.4 Å². The smallest absolute Gasteiger partial charge is 0.303 e. The maximum atomic E-state index is 12.7. The Kier molecular flexibility index (Phi) is 8.62. The van der Waals surface area contributed by atoms with Crippen LogP contribution in [0.4, 0.5) is 0 Å². The number of aliphatic hydroxyl groups is 2. The van der Waals surface area contributed by atoms with Gasteiger partial charge < -0.3 is 30.3 Å². The molecule has 0 bridgehead atoms. The van der Waals surface area contributed by atoms with Crippen molar-refractivity contribution in [1.82, 2.24) is 0 Å². The van der Waals surface area contributed by atoms with Crippen LogP contribution in [0, 0.1) is 0 Å². The topological polar surface area (TPSA) is 145 Å². The van der Waals surface area contributed by atoms with Gasteiger partial charge in [0.05, 0.1) is 13.7 Å². The molecule has 0 aromatic heterocycles. The molecule has 0 spiro atoms. The van der Waals surface area contributed by atoms with Crippen molar-refractivity contribution in [2.75, 3.05) is 7.11 Å². The van der Waals surface area contributed by atoms with Gasteiger partial charge >= 0.3 is 5.97 Å². The van der Waals surface area contributed by atoms with Crippen LogP contribution in [0.1, 0.15) is 29.5 Å². The number of phenolic OH excluding ortho intramolecular Hbond substituents is 1. The third-order valence-corrected chi connectivity index (χ3v) is 4.53. The van der Waals surface area contributed by atoms with Crippen LogP contribution in [0.5, 0.6) is 17.2 Å². The van der Waals surface area contributed by atoms with E-state index in [2.05, 4.69) is 0 Å². The van der Waals surface area contributed by atoms with Gasteiger partial charge in [-0.1, -0.05) is 24.3 Å². The molecule has 2 aromatic carbocycles. The summed E-state index contributed by atoms with van der Waals surface area (Å²) in [5.41, 5.74) is 1.31. The molecule has 0 aliphatic carbocycles. The Morgan fingerprint density at radius 3 is 2.16 bits per heavy atom. The molecule has 0 atom stereocenters. The summed E-state index contributed by atoms with van der Waals surface area (Å²) < 4.78 is 5.02. The summed E-state index contributed by atoms with van der Waals surface area (Å²) in [4.78, 5) is 23.6. The monoisotopic (exact) mass is 440 g/mol. The van der Waals surface area contributed by atoms with E-state index in [1.54, 1.807) is 12.1 Å². The van der Waals surface area contributed by atoms with Gasteiger partial charge in [-0.25, -0.2) is 0 Å². The molecule has 0 fully saturated rings. The summed E-state index contributed by atoms with van der Waals surface area (Å²) in [5.74, 6) is -2.00. The molecule has 0 heterocycles. The summed E-state index contributed by atoms with van der Waals surface area (Å²) >= 11 is 0. The molecular weight excluding hydrogens is 416 g/mol.